The van der Waals surface area contributed by atoms with Crippen LogP contribution in [0, 0.1) is 12.7 Å². The summed E-state index contributed by atoms with van der Waals surface area (Å²) >= 11 is 0. The fourth-order valence-corrected chi connectivity index (χ4v) is 1.52. The molecule has 0 aromatic carbocycles. The quantitative estimate of drug-likeness (QED) is 0.688. The second kappa shape index (κ2) is 7.63. The van der Waals surface area contributed by atoms with E-state index in [1.54, 1.807) is 18.9 Å². The van der Waals surface area contributed by atoms with E-state index in [2.05, 4.69) is 14.7 Å². The molecule has 0 radical (unpaired) electrons. The summed E-state index contributed by atoms with van der Waals surface area (Å²) in [5.74, 6) is -0.662. The summed E-state index contributed by atoms with van der Waals surface area (Å²) in [6.07, 6.45) is 1.45. The summed E-state index contributed by atoms with van der Waals surface area (Å²) in [5.41, 5.74) is 0.269. The second-order valence-electron chi connectivity index (χ2n) is 3.90. The molecule has 0 atom stereocenters. The molecular weight excluding hydrogens is 253 g/mol. The highest BCUT2D eigenvalue weighted by molar-refractivity contribution is 5.69. The van der Waals surface area contributed by atoms with Crippen LogP contribution in [0.2, 0.25) is 0 Å². The van der Waals surface area contributed by atoms with Crippen molar-refractivity contribution in [2.75, 3.05) is 38.8 Å². The van der Waals surface area contributed by atoms with Crippen molar-refractivity contribution in [1.29, 1.82) is 0 Å². The Balaban J connectivity index is 2.83. The zero-order valence-electron chi connectivity index (χ0n) is 11.4. The first-order valence-electron chi connectivity index (χ1n) is 5.88. The number of ether oxygens (including phenoxy) is 2. The molecule has 106 valence electrons. The van der Waals surface area contributed by atoms with Gasteiger partial charge in [0.15, 0.2) is 11.6 Å². The predicted molar refractivity (Wildman–Crippen MR) is 67.4 cm³/mol. The fourth-order valence-electron chi connectivity index (χ4n) is 1.52. The number of carbonyl (C=O) groups excluding carboxylic acids is 1. The van der Waals surface area contributed by atoms with Gasteiger partial charge in [-0.05, 0) is 6.92 Å². The average molecular weight is 271 g/mol. The van der Waals surface area contributed by atoms with Crippen LogP contribution in [0.1, 0.15) is 12.1 Å². The van der Waals surface area contributed by atoms with Crippen LogP contribution in [-0.4, -0.2) is 49.9 Å². The van der Waals surface area contributed by atoms with Crippen molar-refractivity contribution < 1.29 is 18.7 Å². The van der Waals surface area contributed by atoms with Gasteiger partial charge >= 0.3 is 5.97 Å². The van der Waals surface area contributed by atoms with Crippen molar-refractivity contribution in [3.05, 3.63) is 17.8 Å². The number of anilines is 1. The van der Waals surface area contributed by atoms with E-state index in [-0.39, 0.29) is 23.9 Å². The van der Waals surface area contributed by atoms with Gasteiger partial charge < -0.3 is 14.4 Å². The molecule has 0 bridgehead atoms. The molecule has 1 heterocycles. The predicted octanol–water partition coefficient (Wildman–Crippen LogP) is 0.940. The van der Waals surface area contributed by atoms with E-state index in [1.165, 1.54) is 13.4 Å². The van der Waals surface area contributed by atoms with Crippen molar-refractivity contribution in [2.24, 2.45) is 0 Å². The minimum absolute atomic E-state index is 0.155. The smallest absolute Gasteiger partial charge is 0.307 e. The first-order valence-corrected chi connectivity index (χ1v) is 5.88. The molecule has 19 heavy (non-hydrogen) atoms. The minimum atomic E-state index is -0.483. The lowest BCUT2D eigenvalue weighted by atomic mass is 10.3. The molecule has 0 amide bonds. The zero-order chi connectivity index (χ0) is 14.3. The normalized spacial score (nSPS) is 10.3. The van der Waals surface area contributed by atoms with E-state index in [0.29, 0.717) is 19.7 Å². The SMILES string of the molecule is COCCN(CCC(=O)OC)c1ncnc(C)c1F. The highest BCUT2D eigenvalue weighted by Gasteiger charge is 2.16. The maximum absolute atomic E-state index is 14.0. The zero-order valence-corrected chi connectivity index (χ0v) is 11.4. The van der Waals surface area contributed by atoms with E-state index < -0.39 is 5.82 Å². The first kappa shape index (κ1) is 15.3. The number of rotatable bonds is 7. The Labute approximate surface area is 111 Å². The largest absolute Gasteiger partial charge is 0.469 e. The molecule has 0 aliphatic heterocycles. The summed E-state index contributed by atoms with van der Waals surface area (Å²) in [5, 5.41) is 0. The number of hydrogen-bond acceptors (Lipinski definition) is 6. The minimum Gasteiger partial charge on any atom is -0.469 e. The number of aryl methyl sites for hydroxylation is 1. The molecule has 0 aliphatic rings. The Hall–Kier alpha value is -1.76. The molecule has 0 spiro atoms. The lowest BCUT2D eigenvalue weighted by Gasteiger charge is -2.23. The molecule has 0 unspecified atom stereocenters. The molecule has 0 aliphatic carbocycles. The Morgan fingerprint density at radius 2 is 2.11 bits per heavy atom. The van der Waals surface area contributed by atoms with Gasteiger partial charge in [0.25, 0.3) is 0 Å². The van der Waals surface area contributed by atoms with Crippen molar-refractivity contribution >= 4 is 11.8 Å². The highest BCUT2D eigenvalue weighted by atomic mass is 19.1. The number of aromatic nitrogens is 2. The molecule has 0 N–H and O–H groups in total. The average Bonchev–Trinajstić information content (AvgIpc) is 2.42. The van der Waals surface area contributed by atoms with Gasteiger partial charge in [0.05, 0.1) is 25.8 Å². The van der Waals surface area contributed by atoms with Crippen LogP contribution in [0.25, 0.3) is 0 Å². The number of methoxy groups -OCH3 is 2. The summed E-state index contributed by atoms with van der Waals surface area (Å²) in [6.45, 7) is 2.71. The Morgan fingerprint density at radius 3 is 2.74 bits per heavy atom. The third-order valence-corrected chi connectivity index (χ3v) is 2.62. The third kappa shape index (κ3) is 4.44. The Bertz CT molecular complexity index is 429. The van der Waals surface area contributed by atoms with Gasteiger partial charge in [0.1, 0.15) is 6.33 Å². The molecule has 0 saturated heterocycles. The molecule has 1 rings (SSSR count). The molecule has 6 nitrogen and oxygen atoms in total. The van der Waals surface area contributed by atoms with Gasteiger partial charge in [-0.3, -0.25) is 4.79 Å². The number of hydrogen-bond donors (Lipinski definition) is 0. The van der Waals surface area contributed by atoms with Crippen LogP contribution >= 0.6 is 0 Å². The number of nitrogens with zero attached hydrogens (tertiary/aromatic N) is 3. The summed E-state index contributed by atoms with van der Waals surface area (Å²) in [4.78, 5) is 20.5. The summed E-state index contributed by atoms with van der Waals surface area (Å²) in [6, 6.07) is 0. The molecule has 0 saturated carbocycles. The van der Waals surface area contributed by atoms with Gasteiger partial charge in [-0.15, -0.1) is 0 Å². The molecule has 1 aromatic heterocycles. The maximum Gasteiger partial charge on any atom is 0.307 e. The van der Waals surface area contributed by atoms with Gasteiger partial charge in [-0.2, -0.15) is 0 Å². The lowest BCUT2D eigenvalue weighted by molar-refractivity contribution is -0.140. The van der Waals surface area contributed by atoms with Crippen molar-refractivity contribution in [2.45, 2.75) is 13.3 Å². The number of esters is 1. The monoisotopic (exact) mass is 271 g/mol. The highest BCUT2D eigenvalue weighted by Crippen LogP contribution is 2.17. The van der Waals surface area contributed by atoms with Crippen LogP contribution < -0.4 is 4.90 Å². The maximum atomic E-state index is 14.0. The van der Waals surface area contributed by atoms with Gasteiger partial charge in [-0.25, -0.2) is 14.4 Å². The van der Waals surface area contributed by atoms with E-state index in [9.17, 15) is 9.18 Å². The number of carbonyl (C=O) groups is 1. The fraction of sp³-hybridized carbons (Fsp3) is 0.583. The summed E-state index contributed by atoms with van der Waals surface area (Å²) in [7, 11) is 2.87. The van der Waals surface area contributed by atoms with E-state index in [1.807, 2.05) is 0 Å². The first-order chi connectivity index (χ1) is 9.10. The van der Waals surface area contributed by atoms with Crippen LogP contribution in [0.5, 0.6) is 0 Å². The van der Waals surface area contributed by atoms with E-state index in [0.717, 1.165) is 0 Å². The van der Waals surface area contributed by atoms with E-state index >= 15 is 0 Å². The van der Waals surface area contributed by atoms with E-state index in [4.69, 9.17) is 4.74 Å². The van der Waals surface area contributed by atoms with Crippen LogP contribution in [0.4, 0.5) is 10.2 Å². The Kier molecular flexibility index (Phi) is 6.14. The van der Waals surface area contributed by atoms with Gasteiger partial charge in [-0.1, -0.05) is 0 Å². The molecule has 1 aromatic rings. The molecule has 0 fully saturated rings. The Morgan fingerprint density at radius 1 is 1.37 bits per heavy atom. The lowest BCUT2D eigenvalue weighted by Crippen LogP contribution is -2.31. The molecular formula is C12H18FN3O3. The van der Waals surface area contributed by atoms with Crippen molar-refractivity contribution in [3.8, 4) is 0 Å². The van der Waals surface area contributed by atoms with Crippen LogP contribution in [0.3, 0.4) is 0 Å². The number of halogens is 1. The van der Waals surface area contributed by atoms with Gasteiger partial charge in [0.2, 0.25) is 0 Å². The van der Waals surface area contributed by atoms with Crippen molar-refractivity contribution in [3.63, 3.8) is 0 Å². The second-order valence-corrected chi connectivity index (χ2v) is 3.90. The van der Waals surface area contributed by atoms with Crippen molar-refractivity contribution in [1.82, 2.24) is 9.97 Å². The standard InChI is InChI=1S/C12H18FN3O3/c1-9-11(13)12(15-8-14-9)16(6-7-18-2)5-4-10(17)19-3/h8H,4-7H2,1-3H3. The molecule has 7 heteroatoms. The van der Waals surface area contributed by atoms with Crippen LogP contribution in [-0.2, 0) is 14.3 Å². The topological polar surface area (TPSA) is 64.5 Å². The van der Waals surface area contributed by atoms with Gasteiger partial charge in [0, 0.05) is 20.2 Å². The summed E-state index contributed by atoms with van der Waals surface area (Å²) < 4.78 is 23.5. The third-order valence-electron chi connectivity index (χ3n) is 2.62. The van der Waals surface area contributed by atoms with Crippen LogP contribution in [0.15, 0.2) is 6.33 Å².